The smallest absolute Gasteiger partial charge is 0.305 e. The Bertz CT molecular complexity index is 487. The van der Waals surface area contributed by atoms with Gasteiger partial charge in [0.1, 0.15) is 0 Å². The summed E-state index contributed by atoms with van der Waals surface area (Å²) in [6, 6.07) is 7.56. The van der Waals surface area contributed by atoms with E-state index in [1.807, 2.05) is 43.3 Å². The number of nitrogens with one attached hydrogen (secondary N) is 1. The maximum Gasteiger partial charge on any atom is 0.305 e. The fraction of sp³-hybridized carbons (Fsp3) is 0.529. The molecule has 1 rings (SSSR count). The number of carbonyl (C=O) groups is 2. The average Bonchev–Trinajstić information content (AvgIpc) is 2.53. The standard InChI is InChI=1S/C17H26N2O3/c1-19(2)15-10-8-9-14(13-15)17(21)18-12-7-5-4-6-11-16(20)22-3/h8-10,13H,4-7,11-12H2,1-3H3,(H,18,21). The van der Waals surface area contributed by atoms with E-state index in [4.69, 9.17) is 0 Å². The molecule has 0 fully saturated rings. The van der Waals surface area contributed by atoms with Gasteiger partial charge in [-0.15, -0.1) is 0 Å². The third kappa shape index (κ3) is 6.61. The number of hydrogen-bond acceptors (Lipinski definition) is 4. The fourth-order valence-electron chi connectivity index (χ4n) is 2.08. The van der Waals surface area contributed by atoms with E-state index in [2.05, 4.69) is 10.1 Å². The van der Waals surface area contributed by atoms with Crippen molar-refractivity contribution in [2.75, 3.05) is 32.6 Å². The minimum Gasteiger partial charge on any atom is -0.469 e. The van der Waals surface area contributed by atoms with Crippen molar-refractivity contribution in [2.24, 2.45) is 0 Å². The summed E-state index contributed by atoms with van der Waals surface area (Å²) < 4.78 is 4.59. The van der Waals surface area contributed by atoms with Gasteiger partial charge in [-0.25, -0.2) is 0 Å². The number of unbranched alkanes of at least 4 members (excludes halogenated alkanes) is 3. The Labute approximate surface area is 132 Å². The van der Waals surface area contributed by atoms with Gasteiger partial charge in [0, 0.05) is 38.3 Å². The van der Waals surface area contributed by atoms with Crippen molar-refractivity contribution < 1.29 is 14.3 Å². The number of carbonyl (C=O) groups excluding carboxylic acids is 2. The average molecular weight is 306 g/mol. The van der Waals surface area contributed by atoms with Crippen LogP contribution in [0.3, 0.4) is 0 Å². The van der Waals surface area contributed by atoms with E-state index < -0.39 is 0 Å². The molecule has 0 saturated carbocycles. The van der Waals surface area contributed by atoms with Crippen LogP contribution < -0.4 is 10.2 Å². The van der Waals surface area contributed by atoms with Crippen molar-refractivity contribution in [3.05, 3.63) is 29.8 Å². The molecule has 1 amide bonds. The molecule has 5 heteroatoms. The highest BCUT2D eigenvalue weighted by molar-refractivity contribution is 5.95. The molecule has 1 aromatic rings. The molecule has 0 unspecified atom stereocenters. The molecule has 0 spiro atoms. The lowest BCUT2D eigenvalue weighted by Crippen LogP contribution is -2.24. The second kappa shape index (κ2) is 9.82. The molecule has 1 aromatic carbocycles. The van der Waals surface area contributed by atoms with Crippen molar-refractivity contribution >= 4 is 17.6 Å². The van der Waals surface area contributed by atoms with Crippen LogP contribution in [0.5, 0.6) is 0 Å². The maximum atomic E-state index is 12.0. The highest BCUT2D eigenvalue weighted by Crippen LogP contribution is 2.13. The summed E-state index contributed by atoms with van der Waals surface area (Å²) in [4.78, 5) is 25.0. The normalized spacial score (nSPS) is 10.1. The number of benzene rings is 1. The molecule has 0 atom stereocenters. The minimum absolute atomic E-state index is 0.0433. The van der Waals surface area contributed by atoms with E-state index in [0.717, 1.165) is 31.4 Å². The Morgan fingerprint density at radius 1 is 1.14 bits per heavy atom. The first kappa shape index (κ1) is 18.0. The number of rotatable bonds is 9. The second-order valence-corrected chi connectivity index (χ2v) is 5.44. The van der Waals surface area contributed by atoms with Gasteiger partial charge in [0.15, 0.2) is 0 Å². The van der Waals surface area contributed by atoms with Gasteiger partial charge in [-0.1, -0.05) is 18.9 Å². The summed E-state index contributed by atoms with van der Waals surface area (Å²) in [6.07, 6.45) is 4.20. The predicted molar refractivity (Wildman–Crippen MR) is 88.2 cm³/mol. The lowest BCUT2D eigenvalue weighted by Gasteiger charge is -2.13. The monoisotopic (exact) mass is 306 g/mol. The number of nitrogens with zero attached hydrogens (tertiary/aromatic N) is 1. The largest absolute Gasteiger partial charge is 0.469 e. The molecule has 122 valence electrons. The summed E-state index contributed by atoms with van der Waals surface area (Å²) in [5, 5.41) is 2.93. The minimum atomic E-state index is -0.158. The van der Waals surface area contributed by atoms with Crippen LogP contribution >= 0.6 is 0 Å². The van der Waals surface area contributed by atoms with E-state index in [1.165, 1.54) is 7.11 Å². The van der Waals surface area contributed by atoms with Crippen molar-refractivity contribution in [2.45, 2.75) is 32.1 Å². The molecule has 22 heavy (non-hydrogen) atoms. The van der Waals surface area contributed by atoms with Gasteiger partial charge in [-0.3, -0.25) is 9.59 Å². The van der Waals surface area contributed by atoms with Crippen LogP contribution in [0.1, 0.15) is 42.5 Å². The molecular formula is C17H26N2O3. The summed E-state index contributed by atoms with van der Waals surface area (Å²) in [5.74, 6) is -0.202. The van der Waals surface area contributed by atoms with Gasteiger partial charge in [0.05, 0.1) is 7.11 Å². The summed E-state index contributed by atoms with van der Waals surface area (Å²) >= 11 is 0. The van der Waals surface area contributed by atoms with E-state index in [-0.39, 0.29) is 11.9 Å². The summed E-state index contributed by atoms with van der Waals surface area (Å²) in [6.45, 7) is 0.656. The summed E-state index contributed by atoms with van der Waals surface area (Å²) in [5.41, 5.74) is 1.69. The van der Waals surface area contributed by atoms with Crippen molar-refractivity contribution in [1.82, 2.24) is 5.32 Å². The molecule has 0 aliphatic carbocycles. The van der Waals surface area contributed by atoms with Gasteiger partial charge in [0.25, 0.3) is 5.91 Å². The zero-order valence-electron chi connectivity index (χ0n) is 13.7. The quantitative estimate of drug-likeness (QED) is 0.563. The van der Waals surface area contributed by atoms with Gasteiger partial charge in [-0.05, 0) is 31.0 Å². The van der Waals surface area contributed by atoms with Crippen molar-refractivity contribution in [1.29, 1.82) is 0 Å². The Morgan fingerprint density at radius 3 is 2.55 bits per heavy atom. The topological polar surface area (TPSA) is 58.6 Å². The molecule has 0 heterocycles. The van der Waals surface area contributed by atoms with Crippen LogP contribution in [0.15, 0.2) is 24.3 Å². The van der Waals surface area contributed by atoms with Crippen LogP contribution in [-0.2, 0) is 9.53 Å². The lowest BCUT2D eigenvalue weighted by atomic mass is 10.1. The van der Waals surface area contributed by atoms with E-state index in [1.54, 1.807) is 0 Å². The molecule has 5 nitrogen and oxygen atoms in total. The van der Waals surface area contributed by atoms with E-state index >= 15 is 0 Å². The molecule has 0 saturated heterocycles. The molecule has 0 aliphatic heterocycles. The lowest BCUT2D eigenvalue weighted by molar-refractivity contribution is -0.140. The molecular weight excluding hydrogens is 280 g/mol. The first-order valence-electron chi connectivity index (χ1n) is 7.67. The van der Waals surface area contributed by atoms with Crippen LogP contribution in [0, 0.1) is 0 Å². The molecule has 0 aromatic heterocycles. The number of hydrogen-bond donors (Lipinski definition) is 1. The number of ether oxygens (including phenoxy) is 1. The van der Waals surface area contributed by atoms with Crippen molar-refractivity contribution in [3.63, 3.8) is 0 Å². The molecule has 0 radical (unpaired) electrons. The first-order valence-corrected chi connectivity index (χ1v) is 7.67. The zero-order valence-corrected chi connectivity index (χ0v) is 13.7. The highest BCUT2D eigenvalue weighted by atomic mass is 16.5. The number of methoxy groups -OCH3 is 1. The second-order valence-electron chi connectivity index (χ2n) is 5.44. The Balaban J connectivity index is 2.21. The summed E-state index contributed by atoms with van der Waals surface area (Å²) in [7, 11) is 5.31. The third-order valence-corrected chi connectivity index (χ3v) is 3.45. The van der Waals surface area contributed by atoms with Gasteiger partial charge >= 0.3 is 5.97 Å². The number of amides is 1. The fourth-order valence-corrected chi connectivity index (χ4v) is 2.08. The molecule has 0 aliphatic rings. The van der Waals surface area contributed by atoms with Gasteiger partial charge in [-0.2, -0.15) is 0 Å². The van der Waals surface area contributed by atoms with Crippen molar-refractivity contribution in [3.8, 4) is 0 Å². The van der Waals surface area contributed by atoms with Crippen LogP contribution in [-0.4, -0.2) is 39.6 Å². The highest BCUT2D eigenvalue weighted by Gasteiger charge is 2.06. The van der Waals surface area contributed by atoms with Gasteiger partial charge in [0.2, 0.25) is 0 Å². The third-order valence-electron chi connectivity index (χ3n) is 3.45. The van der Waals surface area contributed by atoms with E-state index in [0.29, 0.717) is 18.5 Å². The SMILES string of the molecule is COC(=O)CCCCCCNC(=O)c1cccc(N(C)C)c1. The van der Waals surface area contributed by atoms with Crippen LogP contribution in [0.25, 0.3) is 0 Å². The maximum absolute atomic E-state index is 12.0. The van der Waals surface area contributed by atoms with Gasteiger partial charge < -0.3 is 15.0 Å². The molecule has 1 N–H and O–H groups in total. The number of anilines is 1. The van der Waals surface area contributed by atoms with Crippen LogP contribution in [0.4, 0.5) is 5.69 Å². The predicted octanol–water partition coefficient (Wildman–Crippen LogP) is 2.61. The van der Waals surface area contributed by atoms with Crippen LogP contribution in [0.2, 0.25) is 0 Å². The number of esters is 1. The molecule has 0 bridgehead atoms. The Morgan fingerprint density at radius 2 is 1.86 bits per heavy atom. The Kier molecular flexibility index (Phi) is 8.04. The van der Waals surface area contributed by atoms with E-state index in [9.17, 15) is 9.59 Å². The zero-order chi connectivity index (χ0) is 16.4. The Hall–Kier alpha value is -2.04. The first-order chi connectivity index (χ1) is 10.5.